The Labute approximate surface area is 114 Å². The average molecular weight is 301 g/mol. The zero-order valence-corrected chi connectivity index (χ0v) is 11.9. The molecule has 0 saturated carbocycles. The SMILES string of the molecule is Cc1cccc(-c2cn3c(C)c(Br)ccc3n2)c1. The standard InChI is InChI=1S/C15H13BrN2/c1-10-4-3-5-12(8-10)14-9-18-11(2)13(16)6-7-15(18)17-14/h3-9H,1-2H3. The number of aryl methyl sites for hydroxylation is 2. The van der Waals surface area contributed by atoms with E-state index in [1.54, 1.807) is 0 Å². The Hall–Kier alpha value is -1.61. The largest absolute Gasteiger partial charge is 0.303 e. The van der Waals surface area contributed by atoms with Gasteiger partial charge in [-0.05, 0) is 48.0 Å². The minimum absolute atomic E-state index is 0.979. The van der Waals surface area contributed by atoms with Crippen LogP contribution < -0.4 is 0 Å². The molecule has 0 aliphatic carbocycles. The van der Waals surface area contributed by atoms with Gasteiger partial charge in [0, 0.05) is 21.9 Å². The monoisotopic (exact) mass is 300 g/mol. The first kappa shape index (κ1) is 11.5. The van der Waals surface area contributed by atoms with Crippen molar-refractivity contribution >= 4 is 21.6 Å². The van der Waals surface area contributed by atoms with E-state index in [0.717, 1.165) is 21.4 Å². The summed E-state index contributed by atoms with van der Waals surface area (Å²) in [5, 5.41) is 0. The number of hydrogen-bond donors (Lipinski definition) is 0. The molecular weight excluding hydrogens is 288 g/mol. The molecule has 2 nitrogen and oxygen atoms in total. The Morgan fingerprint density at radius 1 is 1.11 bits per heavy atom. The third kappa shape index (κ3) is 1.85. The van der Waals surface area contributed by atoms with Gasteiger partial charge in [0.05, 0.1) is 5.69 Å². The predicted octanol–water partition coefficient (Wildman–Crippen LogP) is 4.38. The van der Waals surface area contributed by atoms with E-state index in [1.807, 2.05) is 12.1 Å². The molecule has 3 heteroatoms. The fraction of sp³-hybridized carbons (Fsp3) is 0.133. The first-order valence-corrected chi connectivity index (χ1v) is 6.66. The topological polar surface area (TPSA) is 17.3 Å². The van der Waals surface area contributed by atoms with E-state index in [4.69, 9.17) is 0 Å². The second-order valence-electron chi connectivity index (χ2n) is 4.49. The van der Waals surface area contributed by atoms with Crippen molar-refractivity contribution in [1.82, 2.24) is 9.38 Å². The van der Waals surface area contributed by atoms with Crippen LogP contribution in [0.4, 0.5) is 0 Å². The Kier molecular flexibility index (Phi) is 2.71. The molecule has 3 aromatic rings. The van der Waals surface area contributed by atoms with Gasteiger partial charge < -0.3 is 4.40 Å². The second-order valence-corrected chi connectivity index (χ2v) is 5.34. The Bertz CT molecular complexity index is 728. The summed E-state index contributed by atoms with van der Waals surface area (Å²) in [6.45, 7) is 4.18. The van der Waals surface area contributed by atoms with Gasteiger partial charge in [0.2, 0.25) is 0 Å². The van der Waals surface area contributed by atoms with Crippen LogP contribution in [0.1, 0.15) is 11.3 Å². The maximum atomic E-state index is 4.67. The van der Waals surface area contributed by atoms with E-state index in [9.17, 15) is 0 Å². The lowest BCUT2D eigenvalue weighted by Gasteiger charge is -2.00. The van der Waals surface area contributed by atoms with Crippen LogP contribution in [0.15, 0.2) is 47.1 Å². The summed E-state index contributed by atoms with van der Waals surface area (Å²) >= 11 is 3.54. The molecule has 0 N–H and O–H groups in total. The number of halogens is 1. The molecule has 0 saturated heterocycles. The van der Waals surface area contributed by atoms with Crippen LogP contribution in [0, 0.1) is 13.8 Å². The normalized spacial score (nSPS) is 11.1. The maximum Gasteiger partial charge on any atom is 0.137 e. The molecule has 0 aliphatic heterocycles. The Morgan fingerprint density at radius 3 is 2.72 bits per heavy atom. The molecule has 2 aromatic heterocycles. The molecule has 1 aromatic carbocycles. The van der Waals surface area contributed by atoms with E-state index in [2.05, 4.69) is 69.6 Å². The average Bonchev–Trinajstić information content (AvgIpc) is 2.79. The summed E-state index contributed by atoms with van der Waals surface area (Å²) in [6.07, 6.45) is 2.09. The lowest BCUT2D eigenvalue weighted by molar-refractivity contribution is 1.08. The van der Waals surface area contributed by atoms with Crippen molar-refractivity contribution in [3.63, 3.8) is 0 Å². The number of hydrogen-bond acceptors (Lipinski definition) is 1. The third-order valence-electron chi connectivity index (χ3n) is 3.13. The molecule has 3 rings (SSSR count). The summed E-state index contributed by atoms with van der Waals surface area (Å²) in [5.41, 5.74) is 5.57. The van der Waals surface area contributed by atoms with Gasteiger partial charge in [-0.2, -0.15) is 0 Å². The summed E-state index contributed by atoms with van der Waals surface area (Å²) in [5.74, 6) is 0. The van der Waals surface area contributed by atoms with Gasteiger partial charge in [-0.15, -0.1) is 0 Å². The second kappa shape index (κ2) is 4.25. The van der Waals surface area contributed by atoms with Gasteiger partial charge in [0.1, 0.15) is 5.65 Å². The molecule has 18 heavy (non-hydrogen) atoms. The van der Waals surface area contributed by atoms with Gasteiger partial charge >= 0.3 is 0 Å². The first-order chi connectivity index (χ1) is 8.65. The fourth-order valence-corrected chi connectivity index (χ4v) is 2.43. The predicted molar refractivity (Wildman–Crippen MR) is 77.8 cm³/mol. The van der Waals surface area contributed by atoms with E-state index in [-0.39, 0.29) is 0 Å². The number of nitrogens with zero attached hydrogens (tertiary/aromatic N) is 2. The first-order valence-electron chi connectivity index (χ1n) is 5.86. The van der Waals surface area contributed by atoms with Crippen molar-refractivity contribution in [1.29, 1.82) is 0 Å². The summed E-state index contributed by atoms with van der Waals surface area (Å²) in [7, 11) is 0. The van der Waals surface area contributed by atoms with Crippen molar-refractivity contribution in [3.05, 3.63) is 58.3 Å². The van der Waals surface area contributed by atoms with Gasteiger partial charge in [-0.25, -0.2) is 4.98 Å². The third-order valence-corrected chi connectivity index (χ3v) is 3.97. The van der Waals surface area contributed by atoms with Crippen molar-refractivity contribution in [2.45, 2.75) is 13.8 Å². The maximum absolute atomic E-state index is 4.67. The Balaban J connectivity index is 2.23. The van der Waals surface area contributed by atoms with Crippen LogP contribution in [-0.4, -0.2) is 9.38 Å². The number of aromatic nitrogens is 2. The molecule has 2 heterocycles. The molecule has 0 aliphatic rings. The number of imidazole rings is 1. The number of pyridine rings is 1. The highest BCUT2D eigenvalue weighted by Crippen LogP contribution is 2.23. The molecular formula is C15H13BrN2. The smallest absolute Gasteiger partial charge is 0.137 e. The fourth-order valence-electron chi connectivity index (χ4n) is 2.11. The lowest BCUT2D eigenvalue weighted by atomic mass is 10.1. The van der Waals surface area contributed by atoms with E-state index in [1.165, 1.54) is 11.3 Å². The zero-order chi connectivity index (χ0) is 12.7. The summed E-state index contributed by atoms with van der Waals surface area (Å²) < 4.78 is 3.21. The van der Waals surface area contributed by atoms with Crippen LogP contribution in [0.3, 0.4) is 0 Å². The molecule has 0 amide bonds. The lowest BCUT2D eigenvalue weighted by Crippen LogP contribution is -1.89. The highest BCUT2D eigenvalue weighted by Gasteiger charge is 2.07. The summed E-state index contributed by atoms with van der Waals surface area (Å²) in [4.78, 5) is 4.67. The zero-order valence-electron chi connectivity index (χ0n) is 10.3. The van der Waals surface area contributed by atoms with Crippen molar-refractivity contribution in [3.8, 4) is 11.3 Å². The van der Waals surface area contributed by atoms with Crippen LogP contribution >= 0.6 is 15.9 Å². The van der Waals surface area contributed by atoms with Gasteiger partial charge in [0.15, 0.2) is 0 Å². The summed E-state index contributed by atoms with van der Waals surface area (Å²) in [6, 6.07) is 12.5. The minimum Gasteiger partial charge on any atom is -0.303 e. The van der Waals surface area contributed by atoms with Crippen molar-refractivity contribution in [2.24, 2.45) is 0 Å². The highest BCUT2D eigenvalue weighted by molar-refractivity contribution is 9.10. The van der Waals surface area contributed by atoms with Crippen LogP contribution in [0.25, 0.3) is 16.9 Å². The molecule has 0 radical (unpaired) electrons. The number of benzene rings is 1. The molecule has 90 valence electrons. The van der Waals surface area contributed by atoms with Crippen molar-refractivity contribution < 1.29 is 0 Å². The van der Waals surface area contributed by atoms with Crippen LogP contribution in [-0.2, 0) is 0 Å². The minimum atomic E-state index is 0.979. The molecule has 0 spiro atoms. The number of rotatable bonds is 1. The van der Waals surface area contributed by atoms with Gasteiger partial charge in [0.25, 0.3) is 0 Å². The van der Waals surface area contributed by atoms with E-state index < -0.39 is 0 Å². The van der Waals surface area contributed by atoms with Gasteiger partial charge in [-0.1, -0.05) is 23.8 Å². The van der Waals surface area contributed by atoms with E-state index in [0.29, 0.717) is 0 Å². The van der Waals surface area contributed by atoms with E-state index >= 15 is 0 Å². The molecule has 0 fully saturated rings. The quantitative estimate of drug-likeness (QED) is 0.652. The molecule has 0 bridgehead atoms. The van der Waals surface area contributed by atoms with Crippen LogP contribution in [0.5, 0.6) is 0 Å². The van der Waals surface area contributed by atoms with Crippen LogP contribution in [0.2, 0.25) is 0 Å². The molecule has 0 unspecified atom stereocenters. The highest BCUT2D eigenvalue weighted by atomic mass is 79.9. The van der Waals surface area contributed by atoms with Gasteiger partial charge in [-0.3, -0.25) is 0 Å². The number of fused-ring (bicyclic) bond motifs is 1. The molecule has 0 atom stereocenters. The van der Waals surface area contributed by atoms with Crippen molar-refractivity contribution in [2.75, 3.05) is 0 Å². The Morgan fingerprint density at radius 2 is 1.94 bits per heavy atom.